The number of amides is 4. The number of allylic oxidation sites excluding steroid dienone is 1. The van der Waals surface area contributed by atoms with Gasteiger partial charge in [-0.1, -0.05) is 18.2 Å². The van der Waals surface area contributed by atoms with Crippen LogP contribution in [0.5, 0.6) is 0 Å². The van der Waals surface area contributed by atoms with Gasteiger partial charge in [0, 0.05) is 24.2 Å². The number of urea groups is 1. The maximum absolute atomic E-state index is 14.1. The summed E-state index contributed by atoms with van der Waals surface area (Å²) in [5, 5.41) is 14.4. The van der Waals surface area contributed by atoms with E-state index in [0.717, 1.165) is 21.9 Å². The summed E-state index contributed by atoms with van der Waals surface area (Å²) in [6, 6.07) is 9.87. The predicted molar refractivity (Wildman–Crippen MR) is 135 cm³/mol. The average molecular weight is 552 g/mol. The minimum atomic E-state index is -4.67. The molecule has 2 atom stereocenters. The minimum Gasteiger partial charge on any atom is -0.354 e. The Kier molecular flexibility index (Phi) is 7.06. The van der Waals surface area contributed by atoms with E-state index < -0.39 is 42.3 Å². The molecule has 1 aliphatic carbocycles. The number of benzene rings is 2. The van der Waals surface area contributed by atoms with Crippen molar-refractivity contribution in [3.63, 3.8) is 0 Å². The molecule has 206 valence electrons. The zero-order valence-electron chi connectivity index (χ0n) is 21.1. The maximum Gasteiger partial charge on any atom is 0.416 e. The van der Waals surface area contributed by atoms with Crippen molar-refractivity contribution in [1.82, 2.24) is 15.5 Å². The molecule has 2 aliphatic heterocycles. The molecule has 0 radical (unpaired) electrons. The molecule has 12 heteroatoms. The van der Waals surface area contributed by atoms with E-state index in [-0.39, 0.29) is 41.5 Å². The second-order valence-corrected chi connectivity index (χ2v) is 9.77. The third-order valence-electron chi connectivity index (χ3n) is 7.21. The Labute approximate surface area is 227 Å². The third kappa shape index (κ3) is 5.02. The van der Waals surface area contributed by atoms with Crippen LogP contribution >= 0.6 is 0 Å². The number of carbonyl (C=O) groups excluding carboxylic acids is 4. The highest BCUT2D eigenvalue weighted by molar-refractivity contribution is 6.07. The largest absolute Gasteiger partial charge is 0.416 e. The van der Waals surface area contributed by atoms with Crippen LogP contribution in [0.1, 0.15) is 48.4 Å². The van der Waals surface area contributed by atoms with E-state index in [0.29, 0.717) is 30.5 Å². The number of nitriles is 1. The van der Waals surface area contributed by atoms with Gasteiger partial charge in [0.1, 0.15) is 12.6 Å². The molecule has 4 amide bonds. The van der Waals surface area contributed by atoms with Gasteiger partial charge in [-0.2, -0.15) is 18.4 Å². The molecule has 2 unspecified atom stereocenters. The molecule has 5 rings (SSSR count). The molecule has 40 heavy (non-hydrogen) atoms. The van der Waals surface area contributed by atoms with Crippen LogP contribution in [0.2, 0.25) is 0 Å². The molecule has 2 aromatic carbocycles. The minimum absolute atomic E-state index is 0.0825. The summed E-state index contributed by atoms with van der Waals surface area (Å²) in [7, 11) is 0. The van der Waals surface area contributed by atoms with Crippen molar-refractivity contribution >= 4 is 29.3 Å². The molecule has 2 aromatic rings. The van der Waals surface area contributed by atoms with Gasteiger partial charge in [-0.05, 0) is 55.2 Å². The number of halogens is 3. The van der Waals surface area contributed by atoms with E-state index in [2.05, 4.69) is 10.6 Å². The van der Waals surface area contributed by atoms with Crippen molar-refractivity contribution < 1.29 is 32.3 Å². The number of nitrogens with one attached hydrogen (secondary N) is 2. The van der Waals surface area contributed by atoms with Crippen LogP contribution in [0.3, 0.4) is 0 Å². The van der Waals surface area contributed by atoms with Crippen LogP contribution in [-0.4, -0.2) is 47.7 Å². The van der Waals surface area contributed by atoms with E-state index in [9.17, 15) is 37.6 Å². The Morgan fingerprint density at radius 2 is 1.85 bits per heavy atom. The van der Waals surface area contributed by atoms with Gasteiger partial charge in [-0.15, -0.1) is 0 Å². The number of alkyl halides is 3. The second-order valence-electron chi connectivity index (χ2n) is 9.77. The first-order chi connectivity index (χ1) is 19.1. The number of rotatable bonds is 5. The van der Waals surface area contributed by atoms with Crippen LogP contribution in [-0.2, 0) is 20.6 Å². The summed E-state index contributed by atoms with van der Waals surface area (Å²) in [4.78, 5) is 54.8. The monoisotopic (exact) mass is 551 g/mol. The standard InChI is InChI=1S/C28H24F3N5O4/c29-28(30,31)18-3-1-4-19(13-18)36-21-5-2-6-22(37)24(21)25(17-9-7-16(14-32)8-10-17)35(27(36)40)15-23(38)34-20-11-12-33-26(20)39/h1,3-4,7-10,13,20,25H,2,5-6,11-12,15H2,(H,33,39)(H,34,38). The van der Waals surface area contributed by atoms with E-state index >= 15 is 0 Å². The molecule has 0 bridgehead atoms. The molecule has 1 saturated heterocycles. The Balaban J connectivity index is 1.63. The Morgan fingerprint density at radius 3 is 2.50 bits per heavy atom. The van der Waals surface area contributed by atoms with Crippen LogP contribution in [0.25, 0.3) is 0 Å². The SMILES string of the molecule is N#Cc1ccc(C2C3=C(CCCC3=O)N(c3cccc(C(F)(F)F)c3)C(=O)N2CC(=O)NC2CCNC2=O)cc1. The molecule has 0 aromatic heterocycles. The van der Waals surface area contributed by atoms with Crippen molar-refractivity contribution in [1.29, 1.82) is 5.26 Å². The fourth-order valence-corrected chi connectivity index (χ4v) is 5.36. The first-order valence-corrected chi connectivity index (χ1v) is 12.7. The predicted octanol–water partition coefficient (Wildman–Crippen LogP) is 3.57. The number of carbonyl (C=O) groups is 4. The lowest BCUT2D eigenvalue weighted by molar-refractivity contribution is -0.137. The summed E-state index contributed by atoms with van der Waals surface area (Å²) >= 11 is 0. The lowest BCUT2D eigenvalue weighted by Crippen LogP contribution is -2.55. The van der Waals surface area contributed by atoms with E-state index in [1.54, 1.807) is 12.1 Å². The number of hydrogen-bond acceptors (Lipinski definition) is 5. The van der Waals surface area contributed by atoms with Crippen molar-refractivity contribution in [2.75, 3.05) is 18.0 Å². The Bertz CT molecular complexity index is 1460. The molecule has 2 N–H and O–H groups in total. The summed E-state index contributed by atoms with van der Waals surface area (Å²) in [6.45, 7) is -0.179. The fourth-order valence-electron chi connectivity index (χ4n) is 5.36. The number of hydrogen-bond donors (Lipinski definition) is 2. The van der Waals surface area contributed by atoms with Gasteiger partial charge < -0.3 is 15.5 Å². The normalized spacial score (nSPS) is 21.2. The average Bonchev–Trinajstić information content (AvgIpc) is 3.33. The van der Waals surface area contributed by atoms with Crippen molar-refractivity contribution in [2.45, 2.75) is 43.9 Å². The highest BCUT2D eigenvalue weighted by atomic mass is 19.4. The number of Topliss-reactive ketones (excluding diaryl/α,β-unsaturated/α-hetero) is 1. The van der Waals surface area contributed by atoms with Crippen molar-refractivity contribution in [3.05, 3.63) is 76.5 Å². The zero-order valence-corrected chi connectivity index (χ0v) is 21.1. The zero-order chi connectivity index (χ0) is 28.6. The van der Waals surface area contributed by atoms with E-state index in [1.165, 1.54) is 24.3 Å². The van der Waals surface area contributed by atoms with Crippen molar-refractivity contribution in [3.8, 4) is 6.07 Å². The summed E-state index contributed by atoms with van der Waals surface area (Å²) in [5.41, 5.74) is 0.247. The van der Waals surface area contributed by atoms with Gasteiger partial charge in [0.25, 0.3) is 0 Å². The summed E-state index contributed by atoms with van der Waals surface area (Å²) < 4.78 is 40.7. The molecule has 3 aliphatic rings. The highest BCUT2D eigenvalue weighted by Crippen LogP contribution is 2.44. The van der Waals surface area contributed by atoms with Gasteiger partial charge in [0.2, 0.25) is 11.8 Å². The smallest absolute Gasteiger partial charge is 0.354 e. The van der Waals surface area contributed by atoms with Crippen LogP contribution in [0.15, 0.2) is 59.8 Å². The van der Waals surface area contributed by atoms with Crippen molar-refractivity contribution in [2.24, 2.45) is 0 Å². The van der Waals surface area contributed by atoms with Gasteiger partial charge >= 0.3 is 12.2 Å². The summed E-state index contributed by atoms with van der Waals surface area (Å²) in [6.07, 6.45) is -3.48. The van der Waals surface area contributed by atoms with Gasteiger partial charge in [-0.25, -0.2) is 4.79 Å². The van der Waals surface area contributed by atoms with Gasteiger partial charge in [-0.3, -0.25) is 19.3 Å². The highest BCUT2D eigenvalue weighted by Gasteiger charge is 2.46. The number of ketones is 1. The Morgan fingerprint density at radius 1 is 1.10 bits per heavy atom. The fraction of sp³-hybridized carbons (Fsp3) is 0.321. The van der Waals surface area contributed by atoms with E-state index in [4.69, 9.17) is 0 Å². The molecule has 0 spiro atoms. The van der Waals surface area contributed by atoms with Crippen LogP contribution in [0, 0.1) is 11.3 Å². The second kappa shape index (κ2) is 10.5. The van der Waals surface area contributed by atoms with Crippen LogP contribution < -0.4 is 15.5 Å². The number of anilines is 1. The Hall–Kier alpha value is -4.66. The lowest BCUT2D eigenvalue weighted by Gasteiger charge is -2.45. The molecule has 9 nitrogen and oxygen atoms in total. The molecular formula is C28H24F3N5O4. The molecule has 2 heterocycles. The molecular weight excluding hydrogens is 527 g/mol. The van der Waals surface area contributed by atoms with E-state index in [1.807, 2.05) is 6.07 Å². The first-order valence-electron chi connectivity index (χ1n) is 12.7. The molecule has 0 saturated carbocycles. The third-order valence-corrected chi connectivity index (χ3v) is 7.21. The summed E-state index contributed by atoms with van der Waals surface area (Å²) in [5.74, 6) is -1.31. The maximum atomic E-state index is 14.1. The number of nitrogens with zero attached hydrogens (tertiary/aromatic N) is 3. The van der Waals surface area contributed by atoms with Crippen LogP contribution in [0.4, 0.5) is 23.7 Å². The lowest BCUT2D eigenvalue weighted by atomic mass is 9.83. The quantitative estimate of drug-likeness (QED) is 0.588. The van der Waals surface area contributed by atoms with Gasteiger partial charge in [0.15, 0.2) is 5.78 Å². The molecule has 1 fully saturated rings. The first kappa shape index (κ1) is 26.9. The van der Waals surface area contributed by atoms with Gasteiger partial charge in [0.05, 0.1) is 28.9 Å². The topological polar surface area (TPSA) is 123 Å².